The Hall–Kier alpha value is 0.400. The summed E-state index contributed by atoms with van der Waals surface area (Å²) in [4.78, 5) is 0. The number of halogens is 1. The van der Waals surface area contributed by atoms with E-state index in [2.05, 4.69) is 4.18 Å². The van der Waals surface area contributed by atoms with Crippen LogP contribution in [0.1, 0.15) is 0 Å². The second kappa shape index (κ2) is 4.56. The summed E-state index contributed by atoms with van der Waals surface area (Å²) in [5.74, 6) is 0.804. The molecule has 0 aromatic carbocycles. The minimum Gasteiger partial charge on any atom is -0.294 e. The molecule has 0 fully saturated rings. The first-order chi connectivity index (χ1) is 3.31. The van der Waals surface area contributed by atoms with Gasteiger partial charge in [0.1, 0.15) is 0 Å². The van der Waals surface area contributed by atoms with E-state index >= 15 is 0 Å². The predicted molar refractivity (Wildman–Crippen MR) is 30.7 cm³/mol. The predicted octanol–water partition coefficient (Wildman–Crippen LogP) is 0.535. The molecule has 2 nitrogen and oxygen atoms in total. The fourth-order valence-electron chi connectivity index (χ4n) is 0.146. The second-order valence-electron chi connectivity index (χ2n) is 0.864. The molecule has 0 aliphatic carbocycles. The quantitative estimate of drug-likeness (QED) is 0.538. The zero-order chi connectivity index (χ0) is 5.70. The Morgan fingerprint density at radius 2 is 2.43 bits per heavy atom. The standard InChI is InChI=1S/C3H7ClO2S/c1-6-7(5)3-2-4/h2-3H2,1H3. The van der Waals surface area contributed by atoms with Gasteiger partial charge in [-0.1, -0.05) is 0 Å². The van der Waals surface area contributed by atoms with Gasteiger partial charge in [-0.25, -0.2) is 4.21 Å². The molecule has 0 aliphatic heterocycles. The molecule has 0 heterocycles. The van der Waals surface area contributed by atoms with E-state index in [1.807, 2.05) is 0 Å². The van der Waals surface area contributed by atoms with Gasteiger partial charge in [0.15, 0.2) is 11.1 Å². The van der Waals surface area contributed by atoms with Crippen LogP contribution in [0.2, 0.25) is 0 Å². The molecular formula is C3H7ClO2S. The van der Waals surface area contributed by atoms with Crippen LogP contribution >= 0.6 is 11.6 Å². The van der Waals surface area contributed by atoms with Crippen LogP contribution < -0.4 is 0 Å². The van der Waals surface area contributed by atoms with E-state index in [1.165, 1.54) is 7.11 Å². The van der Waals surface area contributed by atoms with Crippen molar-refractivity contribution in [2.75, 3.05) is 18.7 Å². The fraction of sp³-hybridized carbons (Fsp3) is 1.00. The molecule has 0 bridgehead atoms. The molecular weight excluding hydrogens is 136 g/mol. The first-order valence-electron chi connectivity index (χ1n) is 1.80. The van der Waals surface area contributed by atoms with Gasteiger partial charge in [0.2, 0.25) is 0 Å². The van der Waals surface area contributed by atoms with Gasteiger partial charge in [-0.15, -0.1) is 11.6 Å². The summed E-state index contributed by atoms with van der Waals surface area (Å²) in [6.45, 7) is 0. The van der Waals surface area contributed by atoms with Gasteiger partial charge < -0.3 is 0 Å². The third-order valence-corrected chi connectivity index (χ3v) is 1.75. The average Bonchev–Trinajstić information content (AvgIpc) is 1.68. The van der Waals surface area contributed by atoms with Crippen molar-refractivity contribution >= 4 is 22.7 Å². The molecule has 0 spiro atoms. The molecule has 4 heteroatoms. The van der Waals surface area contributed by atoms with Crippen LogP contribution in [0, 0.1) is 0 Å². The van der Waals surface area contributed by atoms with E-state index in [4.69, 9.17) is 11.6 Å². The maximum atomic E-state index is 10.2. The number of alkyl halides is 1. The van der Waals surface area contributed by atoms with Crippen LogP contribution in [-0.4, -0.2) is 23.0 Å². The lowest BCUT2D eigenvalue weighted by Crippen LogP contribution is -1.98. The highest BCUT2D eigenvalue weighted by Gasteiger charge is 1.90. The summed E-state index contributed by atoms with van der Waals surface area (Å²) in [7, 11) is 1.39. The lowest BCUT2D eigenvalue weighted by molar-refractivity contribution is 0.447. The fourth-order valence-corrected chi connectivity index (χ4v) is 0.817. The van der Waals surface area contributed by atoms with Gasteiger partial charge >= 0.3 is 0 Å². The van der Waals surface area contributed by atoms with Crippen molar-refractivity contribution in [2.45, 2.75) is 0 Å². The van der Waals surface area contributed by atoms with E-state index < -0.39 is 11.1 Å². The van der Waals surface area contributed by atoms with Crippen LogP contribution in [0.25, 0.3) is 0 Å². The minimum absolute atomic E-state index is 0.389. The van der Waals surface area contributed by atoms with Gasteiger partial charge in [0.25, 0.3) is 0 Å². The molecule has 7 heavy (non-hydrogen) atoms. The summed E-state index contributed by atoms with van der Waals surface area (Å²) in [5.41, 5.74) is 0. The Labute approximate surface area is 50.5 Å². The topological polar surface area (TPSA) is 26.3 Å². The molecule has 44 valence electrons. The lowest BCUT2D eigenvalue weighted by Gasteiger charge is -1.89. The Kier molecular flexibility index (Phi) is 4.82. The molecule has 0 rings (SSSR count). The Morgan fingerprint density at radius 1 is 1.86 bits per heavy atom. The average molecular weight is 143 g/mol. The van der Waals surface area contributed by atoms with E-state index in [9.17, 15) is 4.21 Å². The molecule has 0 aromatic heterocycles. The van der Waals surface area contributed by atoms with Gasteiger partial charge in [-0.05, 0) is 0 Å². The highest BCUT2D eigenvalue weighted by atomic mass is 35.5. The summed E-state index contributed by atoms with van der Waals surface area (Å²) >= 11 is 4.04. The highest BCUT2D eigenvalue weighted by Crippen LogP contribution is 1.82. The largest absolute Gasteiger partial charge is 0.294 e. The second-order valence-corrected chi connectivity index (χ2v) is 2.59. The van der Waals surface area contributed by atoms with Crippen LogP contribution in [0.15, 0.2) is 0 Å². The minimum atomic E-state index is -1.16. The van der Waals surface area contributed by atoms with Gasteiger partial charge in [-0.2, -0.15) is 0 Å². The van der Waals surface area contributed by atoms with Crippen LogP contribution in [0.4, 0.5) is 0 Å². The highest BCUT2D eigenvalue weighted by molar-refractivity contribution is 7.80. The van der Waals surface area contributed by atoms with Crippen molar-refractivity contribution in [3.05, 3.63) is 0 Å². The molecule has 1 unspecified atom stereocenters. The van der Waals surface area contributed by atoms with Gasteiger partial charge in [0, 0.05) is 5.88 Å². The normalized spacial score (nSPS) is 14.0. The van der Waals surface area contributed by atoms with Gasteiger partial charge in [-0.3, -0.25) is 4.18 Å². The summed E-state index contributed by atoms with van der Waals surface area (Å²) in [6.07, 6.45) is 0. The third-order valence-electron chi connectivity index (χ3n) is 0.430. The number of hydrogen-bond acceptors (Lipinski definition) is 2. The first-order valence-corrected chi connectivity index (χ1v) is 3.58. The Morgan fingerprint density at radius 3 is 2.57 bits per heavy atom. The first kappa shape index (κ1) is 7.40. The molecule has 0 amide bonds. The van der Waals surface area contributed by atoms with Gasteiger partial charge in [0.05, 0.1) is 12.9 Å². The monoisotopic (exact) mass is 142 g/mol. The molecule has 0 radical (unpaired) electrons. The summed E-state index contributed by atoms with van der Waals surface area (Å²) < 4.78 is 14.6. The molecule has 0 aliphatic rings. The van der Waals surface area contributed by atoms with E-state index in [-0.39, 0.29) is 0 Å². The molecule has 0 aromatic rings. The molecule has 0 N–H and O–H groups in total. The van der Waals surface area contributed by atoms with Crippen molar-refractivity contribution in [2.24, 2.45) is 0 Å². The zero-order valence-electron chi connectivity index (χ0n) is 4.02. The van der Waals surface area contributed by atoms with Crippen LogP contribution in [-0.2, 0) is 15.3 Å². The molecule has 1 atom stereocenters. The van der Waals surface area contributed by atoms with Crippen LogP contribution in [0.5, 0.6) is 0 Å². The molecule has 0 saturated carbocycles. The summed E-state index contributed by atoms with van der Waals surface area (Å²) in [5, 5.41) is 0. The molecule has 0 saturated heterocycles. The van der Waals surface area contributed by atoms with Crippen molar-refractivity contribution < 1.29 is 8.39 Å². The van der Waals surface area contributed by atoms with Crippen LogP contribution in [0.3, 0.4) is 0 Å². The van der Waals surface area contributed by atoms with Crippen molar-refractivity contribution in [1.82, 2.24) is 0 Å². The maximum absolute atomic E-state index is 10.2. The number of rotatable bonds is 3. The van der Waals surface area contributed by atoms with E-state index in [0.29, 0.717) is 11.6 Å². The third kappa shape index (κ3) is 4.25. The zero-order valence-corrected chi connectivity index (χ0v) is 5.59. The van der Waals surface area contributed by atoms with E-state index in [0.717, 1.165) is 0 Å². The smallest absolute Gasteiger partial charge is 0.156 e. The maximum Gasteiger partial charge on any atom is 0.156 e. The Balaban J connectivity index is 3.00. The van der Waals surface area contributed by atoms with Crippen molar-refractivity contribution in [3.8, 4) is 0 Å². The summed E-state index contributed by atoms with van der Waals surface area (Å²) in [6, 6.07) is 0. The Bertz CT molecular complexity index is 66.0. The number of hydrogen-bond donors (Lipinski definition) is 0. The van der Waals surface area contributed by atoms with E-state index in [1.54, 1.807) is 0 Å². The van der Waals surface area contributed by atoms with Crippen molar-refractivity contribution in [3.63, 3.8) is 0 Å². The SMILES string of the molecule is COS(=O)CCCl. The lowest BCUT2D eigenvalue weighted by atomic mass is 11.0. The van der Waals surface area contributed by atoms with Crippen molar-refractivity contribution in [1.29, 1.82) is 0 Å².